The van der Waals surface area contributed by atoms with Crippen LogP contribution in [0.25, 0.3) is 0 Å². The highest BCUT2D eigenvalue weighted by molar-refractivity contribution is 5.79. The quantitative estimate of drug-likeness (QED) is 0.436. The zero-order chi connectivity index (χ0) is 17.1. The maximum Gasteiger partial charge on any atom is 0.401 e. The van der Waals surface area contributed by atoms with Crippen molar-refractivity contribution >= 4 is 5.96 Å². The SMILES string of the molecule is CN=C(NCCCN(C)CC(F)(F)F)NCCc1ccccc1. The van der Waals surface area contributed by atoms with Gasteiger partial charge in [0.1, 0.15) is 0 Å². The van der Waals surface area contributed by atoms with Crippen molar-refractivity contribution in [3.8, 4) is 0 Å². The molecule has 0 heterocycles. The third-order valence-corrected chi connectivity index (χ3v) is 3.23. The minimum Gasteiger partial charge on any atom is -0.356 e. The van der Waals surface area contributed by atoms with Gasteiger partial charge in [0.25, 0.3) is 0 Å². The van der Waals surface area contributed by atoms with Gasteiger partial charge in [0, 0.05) is 20.1 Å². The molecule has 4 nitrogen and oxygen atoms in total. The first-order valence-electron chi connectivity index (χ1n) is 7.64. The molecule has 0 amide bonds. The van der Waals surface area contributed by atoms with E-state index in [1.165, 1.54) is 17.5 Å². The summed E-state index contributed by atoms with van der Waals surface area (Å²) in [6, 6.07) is 10.1. The van der Waals surface area contributed by atoms with Crippen molar-refractivity contribution in [2.75, 3.05) is 40.3 Å². The smallest absolute Gasteiger partial charge is 0.356 e. The number of nitrogens with zero attached hydrogens (tertiary/aromatic N) is 2. The molecule has 0 saturated carbocycles. The second-order valence-electron chi connectivity index (χ2n) is 5.37. The summed E-state index contributed by atoms with van der Waals surface area (Å²) in [6.07, 6.45) is -2.64. The van der Waals surface area contributed by atoms with Crippen molar-refractivity contribution in [1.29, 1.82) is 0 Å². The Labute approximate surface area is 135 Å². The third-order valence-electron chi connectivity index (χ3n) is 3.23. The molecule has 7 heteroatoms. The number of alkyl halides is 3. The van der Waals surface area contributed by atoms with E-state index in [1.807, 2.05) is 18.2 Å². The number of rotatable bonds is 8. The molecule has 130 valence electrons. The summed E-state index contributed by atoms with van der Waals surface area (Å²) in [5.41, 5.74) is 1.24. The summed E-state index contributed by atoms with van der Waals surface area (Å²) in [4.78, 5) is 5.37. The molecular weight excluding hydrogens is 305 g/mol. The Hall–Kier alpha value is -1.76. The fourth-order valence-electron chi connectivity index (χ4n) is 2.13. The van der Waals surface area contributed by atoms with Crippen molar-refractivity contribution in [1.82, 2.24) is 15.5 Å². The Balaban J connectivity index is 2.14. The van der Waals surface area contributed by atoms with Crippen molar-refractivity contribution in [2.45, 2.75) is 19.0 Å². The van der Waals surface area contributed by atoms with Crippen LogP contribution < -0.4 is 10.6 Å². The maximum atomic E-state index is 12.2. The van der Waals surface area contributed by atoms with Gasteiger partial charge >= 0.3 is 6.18 Å². The Morgan fingerprint density at radius 1 is 1.13 bits per heavy atom. The van der Waals surface area contributed by atoms with Crippen LogP contribution in [0.1, 0.15) is 12.0 Å². The van der Waals surface area contributed by atoms with Crippen LogP contribution in [0.3, 0.4) is 0 Å². The van der Waals surface area contributed by atoms with E-state index in [0.29, 0.717) is 25.5 Å². The Morgan fingerprint density at radius 3 is 2.39 bits per heavy atom. The van der Waals surface area contributed by atoms with Crippen LogP contribution in [-0.4, -0.2) is 57.3 Å². The molecule has 0 fully saturated rings. The van der Waals surface area contributed by atoms with Crippen LogP contribution in [0, 0.1) is 0 Å². The molecule has 0 atom stereocenters. The lowest BCUT2D eigenvalue weighted by Gasteiger charge is -2.19. The molecule has 0 unspecified atom stereocenters. The first-order valence-corrected chi connectivity index (χ1v) is 7.64. The summed E-state index contributed by atoms with van der Waals surface area (Å²) in [6.45, 7) is 0.829. The molecule has 23 heavy (non-hydrogen) atoms. The molecule has 0 spiro atoms. The number of nitrogens with one attached hydrogen (secondary N) is 2. The van der Waals surface area contributed by atoms with Gasteiger partial charge < -0.3 is 10.6 Å². The second kappa shape index (κ2) is 10.1. The lowest BCUT2D eigenvalue weighted by Crippen LogP contribution is -2.40. The van der Waals surface area contributed by atoms with Gasteiger partial charge in [-0.15, -0.1) is 0 Å². The predicted octanol–water partition coefficient (Wildman–Crippen LogP) is 2.28. The minimum atomic E-state index is -4.14. The van der Waals surface area contributed by atoms with Gasteiger partial charge in [-0.1, -0.05) is 30.3 Å². The van der Waals surface area contributed by atoms with Gasteiger partial charge in [0.15, 0.2) is 5.96 Å². The molecule has 0 aliphatic carbocycles. The molecule has 0 aromatic heterocycles. The number of halogens is 3. The second-order valence-corrected chi connectivity index (χ2v) is 5.37. The van der Waals surface area contributed by atoms with Gasteiger partial charge in [-0.05, 0) is 32.0 Å². The standard InChI is InChI=1S/C16H25F3N4/c1-20-15(22-11-9-14-7-4-3-5-8-14)21-10-6-12-23(2)13-16(17,18)19/h3-5,7-8H,6,9-13H2,1-2H3,(H2,20,21,22). The molecule has 0 saturated heterocycles. The summed E-state index contributed by atoms with van der Waals surface area (Å²) in [5.74, 6) is 0.666. The molecule has 0 bridgehead atoms. The van der Waals surface area contributed by atoms with Crippen LogP contribution in [0.5, 0.6) is 0 Å². The Morgan fingerprint density at radius 2 is 1.78 bits per heavy atom. The van der Waals surface area contributed by atoms with Crippen LogP contribution >= 0.6 is 0 Å². The van der Waals surface area contributed by atoms with Crippen LogP contribution in [0.4, 0.5) is 13.2 Å². The molecule has 0 aliphatic heterocycles. The highest BCUT2D eigenvalue weighted by Gasteiger charge is 2.28. The number of benzene rings is 1. The van der Waals surface area contributed by atoms with Crippen LogP contribution in [-0.2, 0) is 6.42 Å². The molecule has 1 rings (SSSR count). The molecular formula is C16H25F3N4. The van der Waals surface area contributed by atoms with Crippen molar-refractivity contribution in [3.63, 3.8) is 0 Å². The van der Waals surface area contributed by atoms with Crippen molar-refractivity contribution in [3.05, 3.63) is 35.9 Å². The van der Waals surface area contributed by atoms with Gasteiger partial charge in [0.05, 0.1) is 6.54 Å². The third kappa shape index (κ3) is 9.78. The van der Waals surface area contributed by atoms with Crippen molar-refractivity contribution in [2.24, 2.45) is 4.99 Å². The summed E-state index contributed by atoms with van der Waals surface area (Å²) >= 11 is 0. The van der Waals surface area contributed by atoms with Gasteiger partial charge in [-0.2, -0.15) is 13.2 Å². The summed E-state index contributed by atoms with van der Waals surface area (Å²) in [5, 5.41) is 6.29. The first kappa shape index (κ1) is 19.3. The first-order chi connectivity index (χ1) is 10.9. The number of hydrogen-bond acceptors (Lipinski definition) is 2. The van der Waals surface area contributed by atoms with Gasteiger partial charge in [0.2, 0.25) is 0 Å². The highest BCUT2D eigenvalue weighted by Crippen LogP contribution is 2.15. The van der Waals surface area contributed by atoms with E-state index in [4.69, 9.17) is 0 Å². The van der Waals surface area contributed by atoms with Gasteiger partial charge in [-0.3, -0.25) is 9.89 Å². The van der Waals surface area contributed by atoms with Gasteiger partial charge in [-0.25, -0.2) is 0 Å². The lowest BCUT2D eigenvalue weighted by atomic mass is 10.1. The maximum absolute atomic E-state index is 12.2. The van der Waals surface area contributed by atoms with E-state index in [1.54, 1.807) is 7.05 Å². The summed E-state index contributed by atoms with van der Waals surface area (Å²) in [7, 11) is 3.15. The number of aliphatic imine (C=N–C) groups is 1. The van der Waals surface area contributed by atoms with Crippen LogP contribution in [0.15, 0.2) is 35.3 Å². The van der Waals surface area contributed by atoms with E-state index in [-0.39, 0.29) is 0 Å². The Kier molecular flexibility index (Phi) is 8.47. The molecule has 1 aromatic carbocycles. The topological polar surface area (TPSA) is 39.7 Å². The molecule has 1 aromatic rings. The fraction of sp³-hybridized carbons (Fsp3) is 0.562. The zero-order valence-corrected chi connectivity index (χ0v) is 13.7. The molecule has 2 N–H and O–H groups in total. The van der Waals surface area contributed by atoms with E-state index < -0.39 is 12.7 Å². The average Bonchev–Trinajstić information content (AvgIpc) is 2.49. The molecule has 0 radical (unpaired) electrons. The lowest BCUT2D eigenvalue weighted by molar-refractivity contribution is -0.143. The van der Waals surface area contributed by atoms with Crippen LogP contribution in [0.2, 0.25) is 0 Å². The van der Waals surface area contributed by atoms with E-state index in [2.05, 4.69) is 27.8 Å². The monoisotopic (exact) mass is 330 g/mol. The molecule has 0 aliphatic rings. The van der Waals surface area contributed by atoms with E-state index >= 15 is 0 Å². The number of hydrogen-bond donors (Lipinski definition) is 2. The normalized spacial score (nSPS) is 12.5. The summed E-state index contributed by atoms with van der Waals surface area (Å²) < 4.78 is 36.6. The number of guanidine groups is 1. The zero-order valence-electron chi connectivity index (χ0n) is 13.7. The average molecular weight is 330 g/mol. The predicted molar refractivity (Wildman–Crippen MR) is 87.7 cm³/mol. The van der Waals surface area contributed by atoms with Crippen molar-refractivity contribution < 1.29 is 13.2 Å². The fourth-order valence-corrected chi connectivity index (χ4v) is 2.13. The Bertz CT molecular complexity index is 460. The minimum absolute atomic E-state index is 0.382. The highest BCUT2D eigenvalue weighted by atomic mass is 19.4. The largest absolute Gasteiger partial charge is 0.401 e. The van der Waals surface area contributed by atoms with E-state index in [9.17, 15) is 13.2 Å². The van der Waals surface area contributed by atoms with E-state index in [0.717, 1.165) is 13.0 Å².